The predicted molar refractivity (Wildman–Crippen MR) is 87.4 cm³/mol. The molecule has 0 aromatic heterocycles. The second-order valence-electron chi connectivity index (χ2n) is 5.48. The van der Waals surface area contributed by atoms with Gasteiger partial charge >= 0.3 is 0 Å². The SMILES string of the molecule is CCS(=O)(=O)NC1CCN(C(=O)Cc2ccc(Cl)cc2)CC1. The molecular weight excluding hydrogens is 324 g/mol. The molecule has 0 bridgehead atoms. The molecule has 22 heavy (non-hydrogen) atoms. The predicted octanol–water partition coefficient (Wildman–Crippen LogP) is 1.81. The van der Waals surface area contributed by atoms with Gasteiger partial charge in [-0.3, -0.25) is 4.79 Å². The minimum atomic E-state index is -3.18. The van der Waals surface area contributed by atoms with Crippen molar-refractivity contribution in [1.82, 2.24) is 9.62 Å². The molecule has 0 aliphatic carbocycles. The van der Waals surface area contributed by atoms with Gasteiger partial charge in [0.2, 0.25) is 15.9 Å². The molecule has 0 atom stereocenters. The standard InChI is InChI=1S/C15H21ClN2O3S/c1-2-22(20,21)17-14-7-9-18(10-8-14)15(19)11-12-3-5-13(16)6-4-12/h3-6,14,17H,2,7-11H2,1H3. The lowest BCUT2D eigenvalue weighted by atomic mass is 10.0. The largest absolute Gasteiger partial charge is 0.342 e. The number of sulfonamides is 1. The van der Waals surface area contributed by atoms with Crippen molar-refractivity contribution < 1.29 is 13.2 Å². The van der Waals surface area contributed by atoms with E-state index in [1.54, 1.807) is 24.0 Å². The van der Waals surface area contributed by atoms with Gasteiger partial charge in [0.25, 0.3) is 0 Å². The van der Waals surface area contributed by atoms with Crippen LogP contribution in [0.1, 0.15) is 25.3 Å². The molecule has 1 aliphatic heterocycles. The van der Waals surface area contributed by atoms with Gasteiger partial charge in [0.05, 0.1) is 12.2 Å². The van der Waals surface area contributed by atoms with Crippen LogP contribution in [0.15, 0.2) is 24.3 Å². The number of carbonyl (C=O) groups excluding carboxylic acids is 1. The smallest absolute Gasteiger partial charge is 0.226 e. The molecule has 0 radical (unpaired) electrons. The molecule has 0 spiro atoms. The van der Waals surface area contributed by atoms with Gasteiger partial charge in [0.1, 0.15) is 0 Å². The van der Waals surface area contributed by atoms with Gasteiger partial charge in [-0.05, 0) is 37.5 Å². The first-order valence-corrected chi connectivity index (χ1v) is 9.45. The highest BCUT2D eigenvalue weighted by Gasteiger charge is 2.25. The fourth-order valence-electron chi connectivity index (χ4n) is 2.47. The van der Waals surface area contributed by atoms with Crippen LogP contribution < -0.4 is 4.72 Å². The van der Waals surface area contributed by atoms with Crippen LogP contribution in [0.5, 0.6) is 0 Å². The van der Waals surface area contributed by atoms with Crippen LogP contribution in [0.2, 0.25) is 5.02 Å². The number of carbonyl (C=O) groups is 1. The third kappa shape index (κ3) is 4.97. The monoisotopic (exact) mass is 344 g/mol. The van der Waals surface area contributed by atoms with E-state index in [0.29, 0.717) is 37.4 Å². The number of piperidine rings is 1. The maximum absolute atomic E-state index is 12.3. The summed E-state index contributed by atoms with van der Waals surface area (Å²) < 4.78 is 25.8. The lowest BCUT2D eigenvalue weighted by Gasteiger charge is -2.32. The molecule has 1 N–H and O–H groups in total. The second-order valence-corrected chi connectivity index (χ2v) is 7.96. The summed E-state index contributed by atoms with van der Waals surface area (Å²) >= 11 is 5.83. The van der Waals surface area contributed by atoms with Crippen LogP contribution in [0, 0.1) is 0 Å². The van der Waals surface area contributed by atoms with Crippen molar-refractivity contribution in [3.05, 3.63) is 34.9 Å². The van der Waals surface area contributed by atoms with E-state index >= 15 is 0 Å². The van der Waals surface area contributed by atoms with E-state index in [4.69, 9.17) is 11.6 Å². The Morgan fingerprint density at radius 1 is 1.27 bits per heavy atom. The fourth-order valence-corrected chi connectivity index (χ4v) is 3.51. The lowest BCUT2D eigenvalue weighted by molar-refractivity contribution is -0.131. The molecule has 122 valence electrons. The molecule has 7 heteroatoms. The summed E-state index contributed by atoms with van der Waals surface area (Å²) in [7, 11) is -3.18. The molecule has 1 fully saturated rings. The van der Waals surface area contributed by atoms with Crippen molar-refractivity contribution in [1.29, 1.82) is 0 Å². The van der Waals surface area contributed by atoms with Gasteiger partial charge in [-0.25, -0.2) is 13.1 Å². The average molecular weight is 345 g/mol. The van der Waals surface area contributed by atoms with Crippen LogP contribution in [0.4, 0.5) is 0 Å². The molecular formula is C15H21ClN2O3S. The average Bonchev–Trinajstić information content (AvgIpc) is 2.50. The topological polar surface area (TPSA) is 66.5 Å². The molecule has 1 amide bonds. The Hall–Kier alpha value is -1.11. The Morgan fingerprint density at radius 3 is 2.41 bits per heavy atom. The third-order valence-electron chi connectivity index (χ3n) is 3.84. The van der Waals surface area contributed by atoms with Crippen molar-refractivity contribution in [2.75, 3.05) is 18.8 Å². The summed E-state index contributed by atoms with van der Waals surface area (Å²) in [6, 6.07) is 7.18. The molecule has 1 heterocycles. The Bertz CT molecular complexity index is 608. The number of nitrogens with one attached hydrogen (secondary N) is 1. The fraction of sp³-hybridized carbons (Fsp3) is 0.533. The molecule has 1 aliphatic rings. The lowest BCUT2D eigenvalue weighted by Crippen LogP contribution is -2.47. The number of hydrogen-bond acceptors (Lipinski definition) is 3. The van der Waals surface area contributed by atoms with Gasteiger partial charge in [-0.2, -0.15) is 0 Å². The number of hydrogen-bond donors (Lipinski definition) is 1. The van der Waals surface area contributed by atoms with E-state index in [1.807, 2.05) is 12.1 Å². The van der Waals surface area contributed by atoms with E-state index in [2.05, 4.69) is 4.72 Å². The van der Waals surface area contributed by atoms with Gasteiger partial charge in [-0.15, -0.1) is 0 Å². The molecule has 1 aromatic rings. The summed E-state index contributed by atoms with van der Waals surface area (Å²) in [6.07, 6.45) is 1.67. The summed E-state index contributed by atoms with van der Waals surface area (Å²) in [4.78, 5) is 14.1. The first-order chi connectivity index (χ1) is 10.4. The van der Waals surface area contributed by atoms with E-state index in [9.17, 15) is 13.2 Å². The van der Waals surface area contributed by atoms with Crippen LogP contribution >= 0.6 is 11.6 Å². The first-order valence-electron chi connectivity index (χ1n) is 7.42. The molecule has 5 nitrogen and oxygen atoms in total. The van der Waals surface area contributed by atoms with Crippen molar-refractivity contribution in [3.8, 4) is 0 Å². The Labute approximate surface area is 136 Å². The van der Waals surface area contributed by atoms with E-state index in [0.717, 1.165) is 5.56 Å². The minimum Gasteiger partial charge on any atom is -0.342 e. The first kappa shape index (κ1) is 17.2. The van der Waals surface area contributed by atoms with Gasteiger partial charge in [-0.1, -0.05) is 23.7 Å². The van der Waals surface area contributed by atoms with Crippen molar-refractivity contribution in [2.45, 2.75) is 32.2 Å². The number of amides is 1. The van der Waals surface area contributed by atoms with Gasteiger partial charge in [0, 0.05) is 24.2 Å². The Morgan fingerprint density at radius 2 is 1.86 bits per heavy atom. The number of rotatable bonds is 5. The van der Waals surface area contributed by atoms with Crippen LogP contribution in [-0.4, -0.2) is 44.1 Å². The summed E-state index contributed by atoms with van der Waals surface area (Å²) in [5.74, 6) is 0.155. The maximum Gasteiger partial charge on any atom is 0.226 e. The Balaban J connectivity index is 1.83. The minimum absolute atomic E-state index is 0.0652. The highest BCUT2D eigenvalue weighted by atomic mass is 35.5. The zero-order chi connectivity index (χ0) is 16.2. The summed E-state index contributed by atoms with van der Waals surface area (Å²) in [6.45, 7) is 2.79. The van der Waals surface area contributed by atoms with E-state index in [1.165, 1.54) is 0 Å². The molecule has 1 saturated heterocycles. The second kappa shape index (κ2) is 7.44. The van der Waals surface area contributed by atoms with Gasteiger partial charge < -0.3 is 4.90 Å². The van der Waals surface area contributed by atoms with E-state index in [-0.39, 0.29) is 17.7 Å². The summed E-state index contributed by atoms with van der Waals surface area (Å²) in [5, 5.41) is 0.653. The number of benzene rings is 1. The third-order valence-corrected chi connectivity index (χ3v) is 5.55. The van der Waals surface area contributed by atoms with Crippen LogP contribution in [-0.2, 0) is 21.2 Å². The van der Waals surface area contributed by atoms with Crippen molar-refractivity contribution in [3.63, 3.8) is 0 Å². The van der Waals surface area contributed by atoms with Crippen LogP contribution in [0.25, 0.3) is 0 Å². The zero-order valence-corrected chi connectivity index (χ0v) is 14.2. The highest BCUT2D eigenvalue weighted by Crippen LogP contribution is 2.15. The maximum atomic E-state index is 12.3. The normalized spacial score (nSPS) is 16.7. The number of halogens is 1. The van der Waals surface area contributed by atoms with Gasteiger partial charge in [0.15, 0.2) is 0 Å². The van der Waals surface area contributed by atoms with Crippen molar-refractivity contribution in [2.24, 2.45) is 0 Å². The van der Waals surface area contributed by atoms with Crippen molar-refractivity contribution >= 4 is 27.5 Å². The quantitative estimate of drug-likeness (QED) is 0.886. The molecule has 2 rings (SSSR count). The Kier molecular flexibility index (Phi) is 5.83. The molecule has 0 unspecified atom stereocenters. The molecule has 1 aromatic carbocycles. The van der Waals surface area contributed by atoms with E-state index < -0.39 is 10.0 Å². The zero-order valence-electron chi connectivity index (χ0n) is 12.6. The van der Waals surface area contributed by atoms with Crippen LogP contribution in [0.3, 0.4) is 0 Å². The highest BCUT2D eigenvalue weighted by molar-refractivity contribution is 7.89. The summed E-state index contributed by atoms with van der Waals surface area (Å²) in [5.41, 5.74) is 0.934. The number of likely N-dealkylation sites (tertiary alicyclic amines) is 1. The number of nitrogens with zero attached hydrogens (tertiary/aromatic N) is 1. The molecule has 0 saturated carbocycles.